The smallest absolute Gasteiger partial charge is 0.385 e. The van der Waals surface area contributed by atoms with E-state index < -0.39 is 45.6 Å². The zero-order valence-electron chi connectivity index (χ0n) is 18.7. The number of benzene rings is 2. The number of hydrogen-bond donors (Lipinski definition) is 1. The average molecular weight is 502 g/mol. The minimum Gasteiger partial charge on any atom is -0.385 e. The van der Waals surface area contributed by atoms with E-state index >= 15 is 0 Å². The summed E-state index contributed by atoms with van der Waals surface area (Å²) >= 11 is 0. The number of rotatable bonds is 7. The lowest BCUT2D eigenvalue weighted by Gasteiger charge is -2.40. The number of piperazine rings is 1. The van der Waals surface area contributed by atoms with Gasteiger partial charge in [-0.05, 0) is 50.1 Å². The Morgan fingerprint density at radius 2 is 1.65 bits per heavy atom. The number of non-ortho nitro benzene ring substituents is 1. The van der Waals surface area contributed by atoms with Crippen molar-refractivity contribution in [2.24, 2.45) is 0 Å². The SMILES string of the molecule is C[C@@H]1CN(c2ccc([N+](=O)[O-])cc2)CCN1S(=O)(=O)c1ccc([C@@](C)(O)CCC(F)(F)F)cc1. The van der Waals surface area contributed by atoms with E-state index in [0.29, 0.717) is 13.1 Å². The number of sulfonamides is 1. The fourth-order valence-electron chi connectivity index (χ4n) is 3.97. The van der Waals surface area contributed by atoms with Gasteiger partial charge in [0.25, 0.3) is 5.69 Å². The maximum absolute atomic E-state index is 13.2. The lowest BCUT2D eigenvalue weighted by molar-refractivity contribution is -0.384. The van der Waals surface area contributed by atoms with Gasteiger partial charge in [0.2, 0.25) is 10.0 Å². The quantitative estimate of drug-likeness (QED) is 0.454. The maximum Gasteiger partial charge on any atom is 0.389 e. The third-order valence-electron chi connectivity index (χ3n) is 5.97. The largest absolute Gasteiger partial charge is 0.389 e. The Hall–Kier alpha value is -2.70. The number of halogens is 3. The topological polar surface area (TPSA) is 104 Å². The van der Waals surface area contributed by atoms with Gasteiger partial charge in [0, 0.05) is 49.9 Å². The van der Waals surface area contributed by atoms with Gasteiger partial charge >= 0.3 is 6.18 Å². The van der Waals surface area contributed by atoms with Crippen molar-refractivity contribution in [3.05, 3.63) is 64.2 Å². The fourth-order valence-corrected chi connectivity index (χ4v) is 5.58. The molecule has 0 aromatic heterocycles. The Morgan fingerprint density at radius 1 is 1.06 bits per heavy atom. The highest BCUT2D eigenvalue weighted by atomic mass is 32.2. The molecule has 12 heteroatoms. The Labute approximate surface area is 195 Å². The average Bonchev–Trinajstić information content (AvgIpc) is 2.77. The predicted molar refractivity (Wildman–Crippen MR) is 120 cm³/mol. The van der Waals surface area contributed by atoms with Crippen molar-refractivity contribution in [1.82, 2.24) is 4.31 Å². The van der Waals surface area contributed by atoms with Crippen LogP contribution in [0.3, 0.4) is 0 Å². The molecule has 2 aromatic carbocycles. The second kappa shape index (κ2) is 9.51. The summed E-state index contributed by atoms with van der Waals surface area (Å²) in [5.74, 6) is 0. The molecule has 1 N–H and O–H groups in total. The van der Waals surface area contributed by atoms with Crippen LogP contribution in [0.15, 0.2) is 53.4 Å². The summed E-state index contributed by atoms with van der Waals surface area (Å²) in [7, 11) is -3.88. The van der Waals surface area contributed by atoms with Gasteiger partial charge in [0.15, 0.2) is 0 Å². The number of nitro groups is 1. The van der Waals surface area contributed by atoms with Gasteiger partial charge in [0.1, 0.15) is 0 Å². The van der Waals surface area contributed by atoms with Crippen LogP contribution in [0.4, 0.5) is 24.5 Å². The fraction of sp³-hybridized carbons (Fsp3) is 0.455. The molecule has 0 unspecified atom stereocenters. The van der Waals surface area contributed by atoms with E-state index in [2.05, 4.69) is 0 Å². The summed E-state index contributed by atoms with van der Waals surface area (Å²) in [4.78, 5) is 12.3. The van der Waals surface area contributed by atoms with Crippen molar-refractivity contribution in [3.8, 4) is 0 Å². The minimum absolute atomic E-state index is 0.0153. The first-order chi connectivity index (χ1) is 15.7. The van der Waals surface area contributed by atoms with E-state index in [1.807, 2.05) is 4.90 Å². The second-order valence-electron chi connectivity index (χ2n) is 8.60. The number of nitrogens with zero attached hydrogens (tertiary/aromatic N) is 3. The molecule has 1 heterocycles. The Kier molecular flexibility index (Phi) is 7.25. The molecule has 0 aliphatic carbocycles. The molecule has 186 valence electrons. The summed E-state index contributed by atoms with van der Waals surface area (Å²) in [6.45, 7) is 3.96. The molecule has 0 amide bonds. The highest BCUT2D eigenvalue weighted by Gasteiger charge is 2.35. The molecule has 1 saturated heterocycles. The van der Waals surface area contributed by atoms with Crippen LogP contribution in [0.1, 0.15) is 32.3 Å². The monoisotopic (exact) mass is 501 g/mol. The molecule has 0 radical (unpaired) electrons. The van der Waals surface area contributed by atoms with Crippen LogP contribution >= 0.6 is 0 Å². The summed E-state index contributed by atoms with van der Waals surface area (Å²) in [6.07, 6.45) is -6.10. The van der Waals surface area contributed by atoms with Crippen molar-refractivity contribution in [2.75, 3.05) is 24.5 Å². The van der Waals surface area contributed by atoms with E-state index in [4.69, 9.17) is 0 Å². The number of hydrogen-bond acceptors (Lipinski definition) is 6. The van der Waals surface area contributed by atoms with Crippen molar-refractivity contribution in [3.63, 3.8) is 0 Å². The molecule has 1 fully saturated rings. The number of alkyl halides is 3. The molecular formula is C22H26F3N3O5S. The number of nitro benzene ring substituents is 1. The Balaban J connectivity index is 1.71. The van der Waals surface area contributed by atoms with Gasteiger partial charge in [-0.25, -0.2) is 8.42 Å². The molecule has 1 aliphatic heterocycles. The van der Waals surface area contributed by atoms with Crippen LogP contribution in [0.25, 0.3) is 0 Å². The van der Waals surface area contributed by atoms with Crippen molar-refractivity contribution < 1.29 is 31.6 Å². The van der Waals surface area contributed by atoms with Crippen LogP contribution in [0.2, 0.25) is 0 Å². The molecular weight excluding hydrogens is 475 g/mol. The Morgan fingerprint density at radius 3 is 2.15 bits per heavy atom. The molecule has 2 aromatic rings. The normalized spacial score (nSPS) is 19.6. The molecule has 0 bridgehead atoms. The molecule has 2 atom stereocenters. The zero-order valence-corrected chi connectivity index (χ0v) is 19.5. The first kappa shape index (κ1) is 25.9. The highest BCUT2D eigenvalue weighted by Crippen LogP contribution is 2.33. The molecule has 3 rings (SSSR count). The van der Waals surface area contributed by atoms with E-state index in [1.54, 1.807) is 19.1 Å². The maximum atomic E-state index is 13.2. The van der Waals surface area contributed by atoms with Crippen LogP contribution < -0.4 is 4.90 Å². The van der Waals surface area contributed by atoms with Gasteiger partial charge in [0.05, 0.1) is 15.4 Å². The second-order valence-corrected chi connectivity index (χ2v) is 10.5. The van der Waals surface area contributed by atoms with Crippen LogP contribution in [-0.4, -0.2) is 54.6 Å². The van der Waals surface area contributed by atoms with Gasteiger partial charge in [-0.15, -0.1) is 0 Å². The van der Waals surface area contributed by atoms with E-state index in [0.717, 1.165) is 5.69 Å². The summed E-state index contributed by atoms with van der Waals surface area (Å²) in [5, 5.41) is 21.3. The van der Waals surface area contributed by atoms with E-state index in [-0.39, 0.29) is 22.7 Å². The van der Waals surface area contributed by atoms with Crippen LogP contribution in [-0.2, 0) is 15.6 Å². The third kappa shape index (κ3) is 5.86. The first-order valence-corrected chi connectivity index (χ1v) is 12.1. The summed E-state index contributed by atoms with van der Waals surface area (Å²) in [5.41, 5.74) is -0.827. The Bertz CT molecular complexity index is 1120. The molecule has 0 spiro atoms. The minimum atomic E-state index is -4.40. The van der Waals surface area contributed by atoms with Crippen molar-refractivity contribution in [1.29, 1.82) is 0 Å². The molecule has 1 aliphatic rings. The first-order valence-electron chi connectivity index (χ1n) is 10.6. The summed E-state index contributed by atoms with van der Waals surface area (Å²) in [6, 6.07) is 10.9. The van der Waals surface area contributed by atoms with Gasteiger partial charge in [-0.1, -0.05) is 12.1 Å². The standard InChI is InChI=1S/C22H26F3N3O5S/c1-16-15-26(18-5-7-19(8-6-18)28(30)31)13-14-27(16)34(32,33)20-9-3-17(4-10-20)21(2,29)11-12-22(23,24)25/h3-10,16,29H,11-15H2,1-2H3/t16-,21+/m1/s1. The van der Waals surface area contributed by atoms with Gasteiger partial charge in [-0.2, -0.15) is 17.5 Å². The van der Waals surface area contributed by atoms with E-state index in [9.17, 15) is 36.8 Å². The number of aliphatic hydroxyl groups is 1. The third-order valence-corrected chi connectivity index (χ3v) is 8.00. The van der Waals surface area contributed by atoms with Gasteiger partial charge < -0.3 is 10.0 Å². The number of anilines is 1. The van der Waals surface area contributed by atoms with Crippen molar-refractivity contribution in [2.45, 2.75) is 49.4 Å². The van der Waals surface area contributed by atoms with Crippen LogP contribution in [0, 0.1) is 10.1 Å². The van der Waals surface area contributed by atoms with E-state index in [1.165, 1.54) is 47.6 Å². The summed E-state index contributed by atoms with van der Waals surface area (Å²) < 4.78 is 65.3. The predicted octanol–water partition coefficient (Wildman–Crippen LogP) is 4.04. The van der Waals surface area contributed by atoms with Crippen LogP contribution in [0.5, 0.6) is 0 Å². The lowest BCUT2D eigenvalue weighted by Crippen LogP contribution is -2.54. The highest BCUT2D eigenvalue weighted by molar-refractivity contribution is 7.89. The molecule has 0 saturated carbocycles. The molecule has 8 nitrogen and oxygen atoms in total. The lowest BCUT2D eigenvalue weighted by atomic mass is 9.91. The zero-order chi connectivity index (χ0) is 25.3. The molecule has 34 heavy (non-hydrogen) atoms. The van der Waals surface area contributed by atoms with Gasteiger partial charge in [-0.3, -0.25) is 10.1 Å². The van der Waals surface area contributed by atoms with Crippen molar-refractivity contribution >= 4 is 21.4 Å².